The van der Waals surface area contributed by atoms with E-state index in [9.17, 15) is 9.59 Å². The molecule has 0 N–H and O–H groups in total. The normalized spacial score (nSPS) is 14.3. The van der Waals surface area contributed by atoms with Crippen LogP contribution in [0.15, 0.2) is 48.5 Å². The average molecular weight is 351 g/mol. The molecule has 2 aromatic rings. The topological polar surface area (TPSA) is 43.9 Å². The number of carbonyl (C=O) groups excluding carboxylic acids is 2. The fourth-order valence-corrected chi connectivity index (χ4v) is 3.09. The van der Waals surface area contributed by atoms with Gasteiger partial charge >= 0.3 is 0 Å². The molecule has 26 heavy (non-hydrogen) atoms. The lowest BCUT2D eigenvalue weighted by atomic mass is 10.1. The molecule has 1 fully saturated rings. The second-order valence-corrected chi connectivity index (χ2v) is 6.90. The maximum Gasteiger partial charge on any atom is 0.254 e. The maximum absolute atomic E-state index is 12.8. The minimum Gasteiger partial charge on any atom is -0.378 e. The monoisotopic (exact) mass is 351 g/mol. The number of aryl methyl sites for hydroxylation is 1. The van der Waals surface area contributed by atoms with Crippen molar-refractivity contribution in [3.8, 4) is 0 Å². The molecule has 3 rings (SSSR count). The standard InChI is InChI=1S/C21H25N3O2/c1-16-7-9-17(10-8-16)20(25)23-11-13-24(14-12-23)21(26)18-5-4-6-19(15-18)22(2)3/h4-10,15H,11-14H2,1-3H3. The fourth-order valence-electron chi connectivity index (χ4n) is 3.09. The molecule has 0 radical (unpaired) electrons. The van der Waals surface area contributed by atoms with Crippen molar-refractivity contribution in [3.63, 3.8) is 0 Å². The smallest absolute Gasteiger partial charge is 0.254 e. The lowest BCUT2D eigenvalue weighted by Crippen LogP contribution is -2.50. The van der Waals surface area contributed by atoms with E-state index in [-0.39, 0.29) is 11.8 Å². The van der Waals surface area contributed by atoms with E-state index in [1.165, 1.54) is 0 Å². The number of anilines is 1. The second kappa shape index (κ2) is 7.60. The zero-order chi connectivity index (χ0) is 18.7. The summed E-state index contributed by atoms with van der Waals surface area (Å²) in [6.07, 6.45) is 0. The van der Waals surface area contributed by atoms with Crippen LogP contribution < -0.4 is 4.90 Å². The fraction of sp³-hybridized carbons (Fsp3) is 0.333. The van der Waals surface area contributed by atoms with Gasteiger partial charge in [-0.25, -0.2) is 0 Å². The summed E-state index contributed by atoms with van der Waals surface area (Å²) in [5.41, 5.74) is 3.53. The number of piperazine rings is 1. The average Bonchev–Trinajstić information content (AvgIpc) is 2.67. The Labute approximate surface area is 154 Å². The molecule has 0 unspecified atom stereocenters. The Kier molecular flexibility index (Phi) is 5.26. The van der Waals surface area contributed by atoms with Crippen molar-refractivity contribution >= 4 is 17.5 Å². The first-order valence-corrected chi connectivity index (χ1v) is 8.88. The van der Waals surface area contributed by atoms with Crippen molar-refractivity contribution < 1.29 is 9.59 Å². The van der Waals surface area contributed by atoms with Gasteiger partial charge in [0.1, 0.15) is 0 Å². The Bertz CT molecular complexity index is 791. The van der Waals surface area contributed by atoms with E-state index in [2.05, 4.69) is 0 Å². The van der Waals surface area contributed by atoms with Crippen molar-refractivity contribution in [2.75, 3.05) is 45.2 Å². The highest BCUT2D eigenvalue weighted by Gasteiger charge is 2.25. The SMILES string of the molecule is Cc1ccc(C(=O)N2CCN(C(=O)c3cccc(N(C)C)c3)CC2)cc1. The third-order valence-corrected chi connectivity index (χ3v) is 4.76. The van der Waals surface area contributed by atoms with E-state index in [1.54, 1.807) is 0 Å². The molecule has 136 valence electrons. The van der Waals surface area contributed by atoms with Crippen molar-refractivity contribution in [2.24, 2.45) is 0 Å². The lowest BCUT2D eigenvalue weighted by molar-refractivity contribution is 0.0535. The Balaban J connectivity index is 1.63. The molecular weight excluding hydrogens is 326 g/mol. The maximum atomic E-state index is 12.8. The predicted octanol–water partition coefficient (Wildman–Crippen LogP) is 2.66. The van der Waals surface area contributed by atoms with Crippen LogP contribution in [-0.2, 0) is 0 Å². The van der Waals surface area contributed by atoms with Gasteiger partial charge in [0.05, 0.1) is 0 Å². The van der Waals surface area contributed by atoms with Crippen molar-refractivity contribution in [1.82, 2.24) is 9.80 Å². The molecule has 1 heterocycles. The van der Waals surface area contributed by atoms with E-state index in [0.29, 0.717) is 37.3 Å². The molecule has 1 saturated heterocycles. The first-order chi connectivity index (χ1) is 12.5. The summed E-state index contributed by atoms with van der Waals surface area (Å²) < 4.78 is 0. The molecular formula is C21H25N3O2. The zero-order valence-electron chi connectivity index (χ0n) is 15.6. The summed E-state index contributed by atoms with van der Waals surface area (Å²) in [5.74, 6) is 0.0582. The molecule has 0 spiro atoms. The number of rotatable bonds is 3. The Morgan fingerprint density at radius 3 is 1.88 bits per heavy atom. The molecule has 5 heteroatoms. The van der Waals surface area contributed by atoms with E-state index in [1.807, 2.05) is 84.2 Å². The van der Waals surface area contributed by atoms with E-state index in [0.717, 1.165) is 11.3 Å². The van der Waals surface area contributed by atoms with Crippen LogP contribution in [-0.4, -0.2) is 61.9 Å². The first kappa shape index (κ1) is 18.0. The molecule has 2 aromatic carbocycles. The third-order valence-electron chi connectivity index (χ3n) is 4.76. The Morgan fingerprint density at radius 1 is 0.808 bits per heavy atom. The highest BCUT2D eigenvalue weighted by Crippen LogP contribution is 2.17. The van der Waals surface area contributed by atoms with Crippen molar-refractivity contribution in [3.05, 3.63) is 65.2 Å². The van der Waals surface area contributed by atoms with Crippen LogP contribution in [0.25, 0.3) is 0 Å². The molecule has 0 atom stereocenters. The van der Waals surface area contributed by atoms with Crippen LogP contribution in [0.2, 0.25) is 0 Å². The molecule has 1 aliphatic heterocycles. The summed E-state index contributed by atoms with van der Waals surface area (Å²) in [7, 11) is 3.91. The van der Waals surface area contributed by atoms with E-state index < -0.39 is 0 Å². The van der Waals surface area contributed by atoms with Crippen molar-refractivity contribution in [1.29, 1.82) is 0 Å². The van der Waals surface area contributed by atoms with Gasteiger partial charge in [0.2, 0.25) is 0 Å². The molecule has 2 amide bonds. The van der Waals surface area contributed by atoms with Crippen LogP contribution in [0.5, 0.6) is 0 Å². The summed E-state index contributed by atoms with van der Waals surface area (Å²) in [6, 6.07) is 15.3. The quantitative estimate of drug-likeness (QED) is 0.854. The van der Waals surface area contributed by atoms with Gasteiger partial charge in [-0.2, -0.15) is 0 Å². The number of amides is 2. The van der Waals surface area contributed by atoms with Gasteiger partial charge in [-0.1, -0.05) is 23.8 Å². The molecule has 0 aliphatic carbocycles. The molecule has 0 saturated carbocycles. The summed E-state index contributed by atoms with van der Waals surface area (Å²) in [4.78, 5) is 31.0. The molecule has 0 bridgehead atoms. The minimum absolute atomic E-state index is 0.0242. The number of hydrogen-bond donors (Lipinski definition) is 0. The summed E-state index contributed by atoms with van der Waals surface area (Å²) in [6.45, 7) is 4.24. The molecule has 1 aliphatic rings. The number of hydrogen-bond acceptors (Lipinski definition) is 3. The number of nitrogens with zero attached hydrogens (tertiary/aromatic N) is 3. The molecule has 5 nitrogen and oxygen atoms in total. The van der Waals surface area contributed by atoms with Crippen LogP contribution >= 0.6 is 0 Å². The van der Waals surface area contributed by atoms with Gasteiger partial charge in [0.25, 0.3) is 11.8 Å². The largest absolute Gasteiger partial charge is 0.378 e. The highest BCUT2D eigenvalue weighted by molar-refractivity contribution is 5.96. The zero-order valence-corrected chi connectivity index (χ0v) is 15.6. The Hall–Kier alpha value is -2.82. The highest BCUT2D eigenvalue weighted by atomic mass is 16.2. The molecule has 0 aromatic heterocycles. The van der Waals surface area contributed by atoms with Crippen molar-refractivity contribution in [2.45, 2.75) is 6.92 Å². The van der Waals surface area contributed by atoms with Crippen LogP contribution in [0, 0.1) is 6.92 Å². The van der Waals surface area contributed by atoms with Crippen LogP contribution in [0.4, 0.5) is 5.69 Å². The first-order valence-electron chi connectivity index (χ1n) is 8.88. The Morgan fingerprint density at radius 2 is 1.35 bits per heavy atom. The second-order valence-electron chi connectivity index (χ2n) is 6.90. The van der Waals surface area contributed by atoms with Crippen LogP contribution in [0.1, 0.15) is 26.3 Å². The van der Waals surface area contributed by atoms with Gasteiger partial charge in [-0.15, -0.1) is 0 Å². The lowest BCUT2D eigenvalue weighted by Gasteiger charge is -2.35. The number of benzene rings is 2. The summed E-state index contributed by atoms with van der Waals surface area (Å²) >= 11 is 0. The number of carbonyl (C=O) groups is 2. The minimum atomic E-state index is 0.0242. The van der Waals surface area contributed by atoms with Gasteiger partial charge in [-0.3, -0.25) is 9.59 Å². The van der Waals surface area contributed by atoms with Gasteiger partial charge in [0.15, 0.2) is 0 Å². The van der Waals surface area contributed by atoms with Gasteiger partial charge < -0.3 is 14.7 Å². The third kappa shape index (κ3) is 3.87. The van der Waals surface area contributed by atoms with Crippen LogP contribution in [0.3, 0.4) is 0 Å². The predicted molar refractivity (Wildman–Crippen MR) is 104 cm³/mol. The van der Waals surface area contributed by atoms with Gasteiger partial charge in [-0.05, 0) is 37.3 Å². The van der Waals surface area contributed by atoms with E-state index >= 15 is 0 Å². The summed E-state index contributed by atoms with van der Waals surface area (Å²) in [5, 5.41) is 0. The van der Waals surface area contributed by atoms with Gasteiger partial charge in [0, 0.05) is 57.1 Å². The van der Waals surface area contributed by atoms with E-state index in [4.69, 9.17) is 0 Å².